The van der Waals surface area contributed by atoms with Crippen molar-refractivity contribution in [1.82, 2.24) is 10.2 Å². The Balaban J connectivity index is 1.57. The fraction of sp³-hybridized carbons (Fsp3) is 0.273. The number of nitrogens with zero attached hydrogens (tertiary/aromatic N) is 1. The monoisotopic (exact) mass is 487 g/mol. The molecular weight excluding hydrogens is 466 g/mol. The first-order valence-corrected chi connectivity index (χ1v) is 10.3. The first-order valence-electron chi connectivity index (χ1n) is 9.53. The number of anilines is 1. The maximum Gasteiger partial charge on any atom is 0.326 e. The zero-order valence-electron chi connectivity index (χ0n) is 17.3. The van der Waals surface area contributed by atoms with Crippen LogP contribution in [0.3, 0.4) is 0 Å². The number of aryl methyl sites for hydroxylation is 2. The summed E-state index contributed by atoms with van der Waals surface area (Å²) in [7, 11) is 0. The second kappa shape index (κ2) is 8.89. The van der Waals surface area contributed by atoms with Gasteiger partial charge in [-0.15, -0.1) is 0 Å². The maximum atomic E-state index is 12.9. The summed E-state index contributed by atoms with van der Waals surface area (Å²) in [6.45, 7) is 4.27. The van der Waals surface area contributed by atoms with Crippen molar-refractivity contribution in [3.05, 3.63) is 63.6 Å². The lowest BCUT2D eigenvalue weighted by atomic mass is 9.91. The average Bonchev–Trinajstić information content (AvgIpc) is 2.93. The second-order valence-corrected chi connectivity index (χ2v) is 8.36. The first-order chi connectivity index (χ1) is 14.6. The predicted octanol–water partition coefficient (Wildman–Crippen LogP) is 3.01. The van der Waals surface area contributed by atoms with Crippen LogP contribution >= 0.6 is 15.9 Å². The molecule has 0 bridgehead atoms. The van der Waals surface area contributed by atoms with Crippen LogP contribution in [0.15, 0.2) is 46.9 Å². The van der Waals surface area contributed by atoms with Crippen LogP contribution in [0.1, 0.15) is 23.6 Å². The Bertz CT molecular complexity index is 1050. The minimum Gasteiger partial charge on any atom is -0.454 e. The van der Waals surface area contributed by atoms with E-state index in [-0.39, 0.29) is 0 Å². The van der Waals surface area contributed by atoms with Crippen LogP contribution in [0.4, 0.5) is 10.5 Å². The van der Waals surface area contributed by atoms with Crippen LogP contribution in [0.5, 0.6) is 0 Å². The summed E-state index contributed by atoms with van der Waals surface area (Å²) in [5.74, 6) is -1.97. The molecule has 1 aliphatic rings. The first kappa shape index (κ1) is 22.5. The van der Waals surface area contributed by atoms with Crippen molar-refractivity contribution in [3.63, 3.8) is 0 Å². The Morgan fingerprint density at radius 3 is 2.39 bits per heavy atom. The van der Waals surface area contributed by atoms with Gasteiger partial charge in [-0.05, 0) is 60.0 Å². The van der Waals surface area contributed by atoms with Crippen LogP contribution < -0.4 is 10.6 Å². The number of benzene rings is 2. The number of ether oxygens (including phenoxy) is 1. The molecule has 2 aromatic rings. The molecule has 0 spiro atoms. The molecular formula is C22H22BrN3O5. The van der Waals surface area contributed by atoms with E-state index in [4.69, 9.17) is 4.74 Å². The smallest absolute Gasteiger partial charge is 0.326 e. The van der Waals surface area contributed by atoms with Crippen LogP contribution in [0, 0.1) is 13.8 Å². The molecule has 0 aromatic heterocycles. The minimum absolute atomic E-state index is 0.537. The van der Waals surface area contributed by atoms with Gasteiger partial charge in [0.1, 0.15) is 12.1 Å². The predicted molar refractivity (Wildman–Crippen MR) is 117 cm³/mol. The van der Waals surface area contributed by atoms with Crippen LogP contribution in [-0.2, 0) is 24.7 Å². The summed E-state index contributed by atoms with van der Waals surface area (Å²) >= 11 is 3.35. The lowest BCUT2D eigenvalue weighted by Gasteiger charge is -2.22. The number of carbonyl (C=O) groups is 4. The number of amides is 4. The van der Waals surface area contributed by atoms with Crippen molar-refractivity contribution in [2.75, 3.05) is 18.5 Å². The Morgan fingerprint density at radius 1 is 1.10 bits per heavy atom. The van der Waals surface area contributed by atoms with Gasteiger partial charge in [0.25, 0.3) is 11.8 Å². The summed E-state index contributed by atoms with van der Waals surface area (Å²) < 4.78 is 5.64. The highest BCUT2D eigenvalue weighted by molar-refractivity contribution is 9.10. The molecule has 1 aliphatic heterocycles. The zero-order valence-corrected chi connectivity index (χ0v) is 18.9. The van der Waals surface area contributed by atoms with E-state index in [9.17, 15) is 19.2 Å². The van der Waals surface area contributed by atoms with E-state index in [0.717, 1.165) is 16.0 Å². The van der Waals surface area contributed by atoms with Gasteiger partial charge < -0.3 is 15.4 Å². The largest absolute Gasteiger partial charge is 0.454 e. The van der Waals surface area contributed by atoms with E-state index in [1.807, 2.05) is 38.1 Å². The van der Waals surface area contributed by atoms with E-state index in [0.29, 0.717) is 15.7 Å². The molecule has 2 N–H and O–H groups in total. The van der Waals surface area contributed by atoms with E-state index < -0.39 is 42.5 Å². The van der Waals surface area contributed by atoms with Gasteiger partial charge in [0.15, 0.2) is 6.61 Å². The van der Waals surface area contributed by atoms with Gasteiger partial charge in [0.05, 0.1) is 5.69 Å². The lowest BCUT2D eigenvalue weighted by molar-refractivity contribution is -0.150. The molecule has 162 valence electrons. The summed E-state index contributed by atoms with van der Waals surface area (Å²) in [6, 6.07) is 11.9. The Labute approximate surface area is 188 Å². The van der Waals surface area contributed by atoms with Gasteiger partial charge in [-0.3, -0.25) is 19.3 Å². The van der Waals surface area contributed by atoms with Gasteiger partial charge in [-0.1, -0.05) is 35.9 Å². The minimum atomic E-state index is -1.28. The summed E-state index contributed by atoms with van der Waals surface area (Å²) in [4.78, 5) is 50.2. The Hall–Kier alpha value is -3.20. The summed E-state index contributed by atoms with van der Waals surface area (Å²) in [5.41, 5.74) is 1.90. The van der Waals surface area contributed by atoms with Crippen LogP contribution in [0.2, 0.25) is 0 Å². The van der Waals surface area contributed by atoms with Gasteiger partial charge >= 0.3 is 12.0 Å². The molecule has 1 unspecified atom stereocenters. The highest BCUT2D eigenvalue weighted by Gasteiger charge is 2.49. The van der Waals surface area contributed by atoms with E-state index in [1.165, 1.54) is 0 Å². The number of nitrogens with one attached hydrogen (secondary N) is 2. The van der Waals surface area contributed by atoms with Gasteiger partial charge in [0, 0.05) is 4.47 Å². The molecule has 3 rings (SSSR count). The van der Waals surface area contributed by atoms with Gasteiger partial charge in [-0.25, -0.2) is 4.79 Å². The third-order valence-corrected chi connectivity index (χ3v) is 5.61. The highest BCUT2D eigenvalue weighted by atomic mass is 79.9. The average molecular weight is 488 g/mol. The molecule has 0 aliphatic carbocycles. The summed E-state index contributed by atoms with van der Waals surface area (Å²) in [6.07, 6.45) is 0. The molecule has 4 amide bonds. The zero-order chi connectivity index (χ0) is 22.8. The van der Waals surface area contributed by atoms with Crippen LogP contribution in [0.25, 0.3) is 0 Å². The van der Waals surface area contributed by atoms with E-state index in [2.05, 4.69) is 26.6 Å². The van der Waals surface area contributed by atoms with E-state index in [1.54, 1.807) is 25.1 Å². The SMILES string of the molecule is Cc1ccc(C2(C)NC(=O)N(CC(=O)OCC(=O)Nc3ccc(C)cc3Br)C2=O)cc1. The number of imide groups is 1. The number of carbonyl (C=O) groups excluding carboxylic acids is 4. The number of hydrogen-bond acceptors (Lipinski definition) is 5. The molecule has 9 heteroatoms. The lowest BCUT2D eigenvalue weighted by Crippen LogP contribution is -2.41. The maximum absolute atomic E-state index is 12.9. The van der Waals surface area contributed by atoms with Crippen molar-refractivity contribution in [2.24, 2.45) is 0 Å². The standard InChI is InChI=1S/C22H22BrN3O5/c1-13-4-7-15(8-5-13)22(3)20(29)26(21(30)25-22)11-19(28)31-12-18(27)24-17-9-6-14(2)10-16(17)23/h4-10H,11-12H2,1-3H3,(H,24,27)(H,25,30). The highest BCUT2D eigenvalue weighted by Crippen LogP contribution is 2.29. The molecule has 1 fully saturated rings. The van der Waals surface area contributed by atoms with E-state index >= 15 is 0 Å². The summed E-state index contributed by atoms with van der Waals surface area (Å²) in [5, 5.41) is 5.24. The fourth-order valence-electron chi connectivity index (χ4n) is 3.15. The second-order valence-electron chi connectivity index (χ2n) is 7.50. The number of hydrogen-bond donors (Lipinski definition) is 2. The fourth-order valence-corrected chi connectivity index (χ4v) is 3.74. The van der Waals surface area contributed by atoms with Crippen molar-refractivity contribution < 1.29 is 23.9 Å². The number of esters is 1. The normalized spacial score (nSPS) is 18.0. The third kappa shape index (κ3) is 4.93. The van der Waals surface area contributed by atoms with Crippen LogP contribution in [-0.4, -0.2) is 41.9 Å². The number of halogens is 1. The van der Waals surface area contributed by atoms with Crippen molar-refractivity contribution in [3.8, 4) is 0 Å². The molecule has 8 nitrogen and oxygen atoms in total. The molecule has 1 heterocycles. The molecule has 1 saturated heterocycles. The molecule has 0 saturated carbocycles. The van der Waals surface area contributed by atoms with Crippen molar-refractivity contribution >= 4 is 45.4 Å². The molecule has 2 aromatic carbocycles. The molecule has 0 radical (unpaired) electrons. The third-order valence-electron chi connectivity index (χ3n) is 4.95. The van der Waals surface area contributed by atoms with Gasteiger partial charge in [0.2, 0.25) is 0 Å². The number of urea groups is 1. The molecule has 31 heavy (non-hydrogen) atoms. The molecule has 1 atom stereocenters. The topological polar surface area (TPSA) is 105 Å². The Morgan fingerprint density at radius 2 is 1.74 bits per heavy atom. The van der Waals surface area contributed by atoms with Crippen molar-refractivity contribution in [1.29, 1.82) is 0 Å². The van der Waals surface area contributed by atoms with Crippen molar-refractivity contribution in [2.45, 2.75) is 26.3 Å². The van der Waals surface area contributed by atoms with Gasteiger partial charge in [-0.2, -0.15) is 0 Å². The number of rotatable bonds is 6. The quantitative estimate of drug-likeness (QED) is 0.481. The Kier molecular flexibility index (Phi) is 6.45.